The number of aryl methyl sites for hydroxylation is 3. The van der Waals surface area contributed by atoms with Crippen molar-refractivity contribution < 1.29 is 9.59 Å². The van der Waals surface area contributed by atoms with Gasteiger partial charge in [0.2, 0.25) is 5.91 Å². The minimum atomic E-state index is -0.188. The molecule has 1 aliphatic heterocycles. The summed E-state index contributed by atoms with van der Waals surface area (Å²) in [5.41, 5.74) is 2.84. The van der Waals surface area contributed by atoms with Crippen LogP contribution in [0.25, 0.3) is 0 Å². The summed E-state index contributed by atoms with van der Waals surface area (Å²) in [5, 5.41) is 3.60. The number of carbonyl (C=O) groups excluding carboxylic acids is 2. The van der Waals surface area contributed by atoms with E-state index in [4.69, 9.17) is 0 Å². The summed E-state index contributed by atoms with van der Waals surface area (Å²) < 4.78 is 0. The van der Waals surface area contributed by atoms with Crippen LogP contribution in [0.1, 0.15) is 46.3 Å². The fraction of sp³-hybridized carbons (Fsp3) is 0.450. The van der Waals surface area contributed by atoms with Gasteiger partial charge in [0.1, 0.15) is 0 Å². The van der Waals surface area contributed by atoms with E-state index >= 15 is 0 Å². The fourth-order valence-electron chi connectivity index (χ4n) is 3.27. The lowest BCUT2D eigenvalue weighted by atomic mass is 9.96. The lowest BCUT2D eigenvalue weighted by Gasteiger charge is -2.32. The molecule has 0 aliphatic carbocycles. The van der Waals surface area contributed by atoms with Crippen molar-refractivity contribution in [2.45, 2.75) is 40.0 Å². The quantitative estimate of drug-likeness (QED) is 0.889. The molecule has 138 valence electrons. The van der Waals surface area contributed by atoms with Crippen LogP contribution in [0.4, 0.5) is 5.13 Å². The number of nitrogens with zero attached hydrogens (tertiary/aromatic N) is 2. The number of nitrogens with one attached hydrogen (secondary N) is 1. The molecule has 0 saturated carbocycles. The highest BCUT2D eigenvalue weighted by atomic mass is 32.1. The third-order valence-electron chi connectivity index (χ3n) is 4.84. The van der Waals surface area contributed by atoms with Gasteiger partial charge in [-0.15, -0.1) is 11.3 Å². The number of hydrogen-bond donors (Lipinski definition) is 1. The highest BCUT2D eigenvalue weighted by Gasteiger charge is 2.29. The molecule has 2 aromatic rings. The Hall–Kier alpha value is -2.21. The summed E-state index contributed by atoms with van der Waals surface area (Å²) in [6.07, 6.45) is 2.50. The second-order valence-corrected chi connectivity index (χ2v) is 8.02. The van der Waals surface area contributed by atoms with Crippen LogP contribution in [0.2, 0.25) is 0 Å². The van der Waals surface area contributed by atoms with Gasteiger partial charge in [-0.25, -0.2) is 4.98 Å². The lowest BCUT2D eigenvalue weighted by molar-refractivity contribution is -0.121. The van der Waals surface area contributed by atoms with Crippen molar-refractivity contribution >= 4 is 28.3 Å². The van der Waals surface area contributed by atoms with Gasteiger partial charge in [0, 0.05) is 23.5 Å². The number of likely N-dealkylation sites (tertiary alicyclic amines) is 1. The Labute approximate surface area is 158 Å². The molecule has 5 nitrogen and oxygen atoms in total. The number of carbonyl (C=O) groups is 2. The molecule has 3 rings (SSSR count). The molecule has 0 bridgehead atoms. The summed E-state index contributed by atoms with van der Waals surface area (Å²) in [6.45, 7) is 7.24. The monoisotopic (exact) mass is 371 g/mol. The Morgan fingerprint density at radius 2 is 2.00 bits per heavy atom. The predicted octanol–water partition coefficient (Wildman–Crippen LogP) is 3.81. The van der Waals surface area contributed by atoms with E-state index < -0.39 is 0 Å². The first kappa shape index (κ1) is 18.6. The first-order valence-corrected chi connectivity index (χ1v) is 9.92. The van der Waals surface area contributed by atoms with Crippen LogP contribution in [0.15, 0.2) is 24.3 Å². The van der Waals surface area contributed by atoms with Crippen LogP contribution in [-0.2, 0) is 11.2 Å². The SMILES string of the molecule is CCc1nc(NC(=O)[C@@H]2CCCN(C(=O)c3ccc(C)cc3)C2)sc1C. The normalized spacial score (nSPS) is 17.2. The van der Waals surface area contributed by atoms with Crippen LogP contribution < -0.4 is 5.32 Å². The second-order valence-electron chi connectivity index (χ2n) is 6.82. The van der Waals surface area contributed by atoms with Gasteiger partial charge in [0.05, 0.1) is 11.6 Å². The number of amides is 2. The number of rotatable bonds is 4. The van der Waals surface area contributed by atoms with Crippen molar-refractivity contribution in [2.24, 2.45) is 5.92 Å². The number of piperidine rings is 1. The van der Waals surface area contributed by atoms with E-state index in [0.717, 1.165) is 35.4 Å². The number of hydrogen-bond acceptors (Lipinski definition) is 4. The highest BCUT2D eigenvalue weighted by Crippen LogP contribution is 2.25. The molecule has 1 aliphatic rings. The molecular weight excluding hydrogens is 346 g/mol. The molecule has 0 unspecified atom stereocenters. The molecule has 1 saturated heterocycles. The molecule has 2 amide bonds. The van der Waals surface area contributed by atoms with Crippen molar-refractivity contribution in [1.82, 2.24) is 9.88 Å². The zero-order valence-corrected chi connectivity index (χ0v) is 16.4. The smallest absolute Gasteiger partial charge is 0.253 e. The first-order valence-electron chi connectivity index (χ1n) is 9.11. The zero-order valence-electron chi connectivity index (χ0n) is 15.5. The average molecular weight is 372 g/mol. The Balaban J connectivity index is 1.64. The maximum atomic E-state index is 12.7. The van der Waals surface area contributed by atoms with E-state index in [0.29, 0.717) is 23.8 Å². The lowest BCUT2D eigenvalue weighted by Crippen LogP contribution is -2.43. The first-order chi connectivity index (χ1) is 12.5. The maximum Gasteiger partial charge on any atom is 0.253 e. The highest BCUT2D eigenvalue weighted by molar-refractivity contribution is 7.15. The Morgan fingerprint density at radius 1 is 1.27 bits per heavy atom. The third kappa shape index (κ3) is 4.12. The number of benzene rings is 1. The van der Waals surface area contributed by atoms with Gasteiger partial charge < -0.3 is 10.2 Å². The van der Waals surface area contributed by atoms with Crippen LogP contribution in [-0.4, -0.2) is 34.8 Å². The maximum absolute atomic E-state index is 12.7. The number of aromatic nitrogens is 1. The van der Waals surface area contributed by atoms with Crippen LogP contribution in [0.5, 0.6) is 0 Å². The summed E-state index contributed by atoms with van der Waals surface area (Å²) in [6, 6.07) is 7.59. The third-order valence-corrected chi connectivity index (χ3v) is 5.76. The van der Waals surface area contributed by atoms with E-state index in [2.05, 4.69) is 17.2 Å². The molecule has 2 heterocycles. The number of thiazole rings is 1. The van der Waals surface area contributed by atoms with Gasteiger partial charge in [-0.3, -0.25) is 9.59 Å². The summed E-state index contributed by atoms with van der Waals surface area (Å²) >= 11 is 1.51. The molecule has 6 heteroatoms. The Morgan fingerprint density at radius 3 is 2.65 bits per heavy atom. The predicted molar refractivity (Wildman–Crippen MR) is 105 cm³/mol. The topological polar surface area (TPSA) is 62.3 Å². The average Bonchev–Trinajstić information content (AvgIpc) is 3.01. The Bertz CT molecular complexity index is 798. The van der Waals surface area contributed by atoms with Gasteiger partial charge >= 0.3 is 0 Å². The molecule has 1 aromatic heterocycles. The van der Waals surface area contributed by atoms with E-state index in [1.165, 1.54) is 11.3 Å². The summed E-state index contributed by atoms with van der Waals surface area (Å²) in [4.78, 5) is 32.8. The van der Waals surface area contributed by atoms with Crippen molar-refractivity contribution in [2.75, 3.05) is 18.4 Å². The minimum absolute atomic E-state index is 0.000798. The molecule has 26 heavy (non-hydrogen) atoms. The van der Waals surface area contributed by atoms with Gasteiger partial charge in [-0.1, -0.05) is 24.6 Å². The van der Waals surface area contributed by atoms with Gasteiger partial charge in [-0.2, -0.15) is 0 Å². The van der Waals surface area contributed by atoms with Crippen molar-refractivity contribution in [1.29, 1.82) is 0 Å². The molecule has 1 fully saturated rings. The van der Waals surface area contributed by atoms with Crippen molar-refractivity contribution in [3.05, 3.63) is 46.0 Å². The van der Waals surface area contributed by atoms with E-state index in [-0.39, 0.29) is 17.7 Å². The van der Waals surface area contributed by atoms with Crippen LogP contribution in [0.3, 0.4) is 0 Å². The summed E-state index contributed by atoms with van der Waals surface area (Å²) in [7, 11) is 0. The van der Waals surface area contributed by atoms with E-state index in [1.54, 1.807) is 4.90 Å². The van der Waals surface area contributed by atoms with E-state index in [1.807, 2.05) is 38.1 Å². The fourth-order valence-corrected chi connectivity index (χ4v) is 4.18. The zero-order chi connectivity index (χ0) is 18.7. The standard InChI is InChI=1S/C20H25N3O2S/c1-4-17-14(3)26-20(21-17)22-18(24)16-6-5-11-23(12-16)19(25)15-9-7-13(2)8-10-15/h7-10,16H,4-6,11-12H2,1-3H3,(H,21,22,24)/t16-/m1/s1. The second kappa shape index (κ2) is 7.99. The minimum Gasteiger partial charge on any atom is -0.338 e. The molecule has 0 radical (unpaired) electrons. The Kier molecular flexibility index (Phi) is 5.71. The van der Waals surface area contributed by atoms with Crippen molar-refractivity contribution in [3.63, 3.8) is 0 Å². The molecule has 1 aromatic carbocycles. The summed E-state index contributed by atoms with van der Waals surface area (Å²) in [5.74, 6) is -0.226. The largest absolute Gasteiger partial charge is 0.338 e. The molecule has 1 N–H and O–H groups in total. The van der Waals surface area contributed by atoms with Gasteiger partial charge in [0.25, 0.3) is 5.91 Å². The molecule has 0 spiro atoms. The molecule has 1 atom stereocenters. The molecular formula is C20H25N3O2S. The van der Waals surface area contributed by atoms with Gasteiger partial charge in [0.15, 0.2) is 5.13 Å². The van der Waals surface area contributed by atoms with Crippen LogP contribution in [0, 0.1) is 19.8 Å². The van der Waals surface area contributed by atoms with Crippen molar-refractivity contribution in [3.8, 4) is 0 Å². The number of anilines is 1. The van der Waals surface area contributed by atoms with Crippen LogP contribution >= 0.6 is 11.3 Å². The van der Waals surface area contributed by atoms with E-state index in [9.17, 15) is 9.59 Å². The van der Waals surface area contributed by atoms with Gasteiger partial charge in [-0.05, 0) is 45.2 Å².